The Morgan fingerprint density at radius 1 is 1.17 bits per heavy atom. The molecule has 18 heavy (non-hydrogen) atoms. The molecule has 6 N–H and O–H groups in total. The van der Waals surface area contributed by atoms with E-state index in [0.29, 0.717) is 12.5 Å². The van der Waals surface area contributed by atoms with Gasteiger partial charge in [-0.3, -0.25) is 0 Å². The van der Waals surface area contributed by atoms with E-state index >= 15 is 0 Å². The molecule has 0 aromatic rings. The average molecular weight is 259 g/mol. The molecule has 0 aliphatic carbocycles. The fraction of sp³-hybridized carbons (Fsp3) is 1.00. The Kier molecular flexibility index (Phi) is 6.01. The largest absolute Gasteiger partial charge is 0.348 e. The number of nitrogens with two attached hydrogens (primary N) is 3. The highest BCUT2D eigenvalue weighted by Gasteiger charge is 2.43. The van der Waals surface area contributed by atoms with Crippen molar-refractivity contribution in [2.24, 2.45) is 29.0 Å². The summed E-state index contributed by atoms with van der Waals surface area (Å²) in [6.45, 7) is 8.77. The minimum Gasteiger partial charge on any atom is -0.348 e. The Labute approximate surface area is 110 Å². The van der Waals surface area contributed by atoms with Gasteiger partial charge < -0.3 is 26.7 Å². The molecule has 1 fully saturated rings. The lowest BCUT2D eigenvalue weighted by atomic mass is 9.79. The monoisotopic (exact) mass is 259 g/mol. The van der Waals surface area contributed by atoms with Crippen molar-refractivity contribution in [1.29, 1.82) is 0 Å². The molecular formula is C13H29N3O2. The number of hydrogen-bond acceptors (Lipinski definition) is 5. The fourth-order valence-corrected chi connectivity index (χ4v) is 2.57. The van der Waals surface area contributed by atoms with Crippen molar-refractivity contribution >= 4 is 0 Å². The van der Waals surface area contributed by atoms with Crippen molar-refractivity contribution in [3.63, 3.8) is 0 Å². The number of hydrogen-bond donors (Lipinski definition) is 3. The maximum Gasteiger partial charge on any atom is 0.174 e. The molecule has 4 unspecified atom stereocenters. The molecule has 0 aromatic heterocycles. The molecule has 0 bridgehead atoms. The second-order valence-electron chi connectivity index (χ2n) is 5.61. The van der Waals surface area contributed by atoms with Gasteiger partial charge in [-0.25, -0.2) is 0 Å². The van der Waals surface area contributed by atoms with E-state index in [4.69, 9.17) is 26.7 Å². The first-order chi connectivity index (χ1) is 8.42. The fourth-order valence-electron chi connectivity index (χ4n) is 2.57. The molecule has 1 aliphatic heterocycles. The number of rotatable bonds is 5. The summed E-state index contributed by atoms with van der Waals surface area (Å²) >= 11 is 0. The molecule has 0 radical (unpaired) electrons. The standard InChI is InChI=1S/C13H29N3O2/c1-5-8(4)17-13-12(16)11(15)10(7(2)3)9(6-14)18-13/h7-13H,5-6,14-16H2,1-4H3/t8?,9?,10-,11?,12?,13+/m1/s1. The predicted octanol–water partition coefficient (Wildman–Crippen LogP) is 0.412. The van der Waals surface area contributed by atoms with Crippen LogP contribution in [0.3, 0.4) is 0 Å². The summed E-state index contributed by atoms with van der Waals surface area (Å²) in [6.07, 6.45) is 0.512. The van der Waals surface area contributed by atoms with E-state index < -0.39 is 6.29 Å². The van der Waals surface area contributed by atoms with Crippen LogP contribution in [0.4, 0.5) is 0 Å². The molecule has 0 spiro atoms. The molecule has 5 heteroatoms. The van der Waals surface area contributed by atoms with Gasteiger partial charge in [0.05, 0.1) is 18.2 Å². The van der Waals surface area contributed by atoms with Crippen molar-refractivity contribution < 1.29 is 9.47 Å². The second-order valence-corrected chi connectivity index (χ2v) is 5.61. The predicted molar refractivity (Wildman–Crippen MR) is 72.8 cm³/mol. The summed E-state index contributed by atoms with van der Waals surface area (Å²) in [4.78, 5) is 0. The van der Waals surface area contributed by atoms with Crippen molar-refractivity contribution in [1.82, 2.24) is 0 Å². The van der Waals surface area contributed by atoms with Crippen LogP contribution < -0.4 is 17.2 Å². The summed E-state index contributed by atoms with van der Waals surface area (Å²) in [5.41, 5.74) is 18.2. The zero-order chi connectivity index (χ0) is 13.9. The average Bonchev–Trinajstić information content (AvgIpc) is 2.33. The van der Waals surface area contributed by atoms with Gasteiger partial charge in [0.2, 0.25) is 0 Å². The Bertz CT molecular complexity index is 248. The highest BCUT2D eigenvalue weighted by molar-refractivity contribution is 4.95. The molecule has 0 amide bonds. The summed E-state index contributed by atoms with van der Waals surface area (Å²) in [5.74, 6) is 0.575. The van der Waals surface area contributed by atoms with Crippen LogP contribution in [0, 0.1) is 11.8 Å². The second kappa shape index (κ2) is 6.82. The minimum atomic E-state index is -0.446. The lowest BCUT2D eigenvalue weighted by Crippen LogP contribution is -2.65. The maximum atomic E-state index is 6.26. The van der Waals surface area contributed by atoms with Gasteiger partial charge in [0, 0.05) is 18.5 Å². The summed E-state index contributed by atoms with van der Waals surface area (Å²) in [7, 11) is 0. The van der Waals surface area contributed by atoms with Crippen LogP contribution in [-0.2, 0) is 9.47 Å². The van der Waals surface area contributed by atoms with Gasteiger partial charge in [-0.1, -0.05) is 20.8 Å². The Morgan fingerprint density at radius 3 is 2.22 bits per heavy atom. The molecule has 5 nitrogen and oxygen atoms in total. The third kappa shape index (κ3) is 3.42. The van der Waals surface area contributed by atoms with Crippen LogP contribution in [0.25, 0.3) is 0 Å². The highest BCUT2D eigenvalue weighted by Crippen LogP contribution is 2.30. The maximum absolute atomic E-state index is 6.26. The van der Waals surface area contributed by atoms with Crippen molar-refractivity contribution in [2.75, 3.05) is 6.54 Å². The van der Waals surface area contributed by atoms with Crippen LogP contribution in [0.5, 0.6) is 0 Å². The van der Waals surface area contributed by atoms with Crippen LogP contribution in [-0.4, -0.2) is 37.1 Å². The van der Waals surface area contributed by atoms with Crippen molar-refractivity contribution in [3.05, 3.63) is 0 Å². The van der Waals surface area contributed by atoms with E-state index in [2.05, 4.69) is 20.8 Å². The van der Waals surface area contributed by atoms with Gasteiger partial charge >= 0.3 is 0 Å². The smallest absolute Gasteiger partial charge is 0.174 e. The SMILES string of the molecule is CCC(C)O[C@H]1OC(CN)[C@@H](C(C)C)C(N)C1N. The van der Waals surface area contributed by atoms with E-state index in [1.807, 2.05) is 6.92 Å². The quantitative estimate of drug-likeness (QED) is 0.664. The Morgan fingerprint density at radius 2 is 1.78 bits per heavy atom. The summed E-state index contributed by atoms with van der Waals surface area (Å²) < 4.78 is 11.7. The van der Waals surface area contributed by atoms with Crippen LogP contribution in [0.2, 0.25) is 0 Å². The van der Waals surface area contributed by atoms with Crippen LogP contribution in [0.1, 0.15) is 34.1 Å². The van der Waals surface area contributed by atoms with Gasteiger partial charge in [-0.05, 0) is 19.3 Å². The topological polar surface area (TPSA) is 96.5 Å². The molecule has 1 aliphatic rings. The zero-order valence-electron chi connectivity index (χ0n) is 12.0. The third-order valence-corrected chi connectivity index (χ3v) is 3.88. The normalized spacial score (nSPS) is 39.0. The van der Waals surface area contributed by atoms with Crippen LogP contribution >= 0.6 is 0 Å². The Hall–Kier alpha value is -0.200. The number of ether oxygens (including phenoxy) is 2. The molecule has 0 aromatic carbocycles. The first kappa shape index (κ1) is 15.9. The van der Waals surface area contributed by atoms with Gasteiger partial charge in [0.25, 0.3) is 0 Å². The van der Waals surface area contributed by atoms with E-state index in [-0.39, 0.29) is 30.2 Å². The zero-order valence-corrected chi connectivity index (χ0v) is 12.0. The Balaban J connectivity index is 2.76. The molecule has 0 saturated carbocycles. The molecule has 1 rings (SSSR count). The van der Waals surface area contributed by atoms with Crippen molar-refractivity contribution in [3.8, 4) is 0 Å². The van der Waals surface area contributed by atoms with E-state index in [9.17, 15) is 0 Å². The highest BCUT2D eigenvalue weighted by atomic mass is 16.7. The van der Waals surface area contributed by atoms with Crippen LogP contribution in [0.15, 0.2) is 0 Å². The van der Waals surface area contributed by atoms with Gasteiger partial charge in [-0.15, -0.1) is 0 Å². The lowest BCUT2D eigenvalue weighted by molar-refractivity contribution is -0.240. The minimum absolute atomic E-state index is 0.0751. The first-order valence-corrected chi connectivity index (χ1v) is 6.94. The van der Waals surface area contributed by atoms with Gasteiger partial charge in [0.15, 0.2) is 6.29 Å². The molecular weight excluding hydrogens is 230 g/mol. The van der Waals surface area contributed by atoms with E-state index in [0.717, 1.165) is 6.42 Å². The van der Waals surface area contributed by atoms with E-state index in [1.54, 1.807) is 0 Å². The van der Waals surface area contributed by atoms with E-state index in [1.165, 1.54) is 0 Å². The molecule has 6 atom stereocenters. The molecule has 1 heterocycles. The summed E-state index contributed by atoms with van der Waals surface area (Å²) in [5, 5.41) is 0. The lowest BCUT2D eigenvalue weighted by Gasteiger charge is -2.46. The summed E-state index contributed by atoms with van der Waals surface area (Å²) in [6, 6.07) is -0.435. The van der Waals surface area contributed by atoms with Crippen molar-refractivity contribution in [2.45, 2.75) is 64.7 Å². The first-order valence-electron chi connectivity index (χ1n) is 6.94. The van der Waals surface area contributed by atoms with Gasteiger partial charge in [0.1, 0.15) is 0 Å². The molecule has 1 saturated heterocycles. The van der Waals surface area contributed by atoms with Gasteiger partial charge in [-0.2, -0.15) is 0 Å². The third-order valence-electron chi connectivity index (χ3n) is 3.88. The molecule has 108 valence electrons.